The maximum Gasteiger partial charge on any atom is 0.108 e. The number of nitrogens with zero attached hydrogens (tertiary/aromatic N) is 3. The molecular weight excluding hydrogens is 212 g/mol. The molecule has 96 valence electrons. The van der Waals surface area contributed by atoms with E-state index in [9.17, 15) is 0 Å². The minimum Gasteiger partial charge on any atom is -0.306 e. The van der Waals surface area contributed by atoms with Crippen LogP contribution < -0.4 is 5.32 Å². The van der Waals surface area contributed by atoms with Crippen LogP contribution in [0.2, 0.25) is 0 Å². The van der Waals surface area contributed by atoms with E-state index in [4.69, 9.17) is 5.26 Å². The summed E-state index contributed by atoms with van der Waals surface area (Å²) in [5.74, 6) is 0. The molecule has 1 N–H and O–H groups in total. The fourth-order valence-electron chi connectivity index (χ4n) is 2.54. The number of hydrogen-bond acceptors (Lipinski definition) is 4. The molecule has 2 rings (SSSR count). The lowest BCUT2D eigenvalue weighted by Crippen LogP contribution is -2.47. The van der Waals surface area contributed by atoms with Crippen LogP contribution in [0.4, 0.5) is 0 Å². The van der Waals surface area contributed by atoms with E-state index in [2.05, 4.69) is 35.3 Å². The Balaban J connectivity index is 1.70. The number of rotatable bonds is 5. The lowest BCUT2D eigenvalue weighted by Gasteiger charge is -2.35. The van der Waals surface area contributed by atoms with Gasteiger partial charge < -0.3 is 9.80 Å². The highest BCUT2D eigenvalue weighted by Crippen LogP contribution is 2.20. The van der Waals surface area contributed by atoms with Gasteiger partial charge in [0.25, 0.3) is 0 Å². The van der Waals surface area contributed by atoms with Crippen LogP contribution in [0.15, 0.2) is 0 Å². The summed E-state index contributed by atoms with van der Waals surface area (Å²) >= 11 is 0. The van der Waals surface area contributed by atoms with Crippen LogP contribution in [0.5, 0.6) is 0 Å². The number of nitriles is 1. The van der Waals surface area contributed by atoms with Crippen molar-refractivity contribution in [1.29, 1.82) is 5.26 Å². The average Bonchev–Trinajstić information content (AvgIpc) is 3.13. The van der Waals surface area contributed by atoms with Gasteiger partial charge in [0.1, 0.15) is 6.04 Å². The molecule has 1 saturated carbocycles. The monoisotopic (exact) mass is 236 g/mol. The molecule has 0 aromatic rings. The average molecular weight is 236 g/mol. The summed E-state index contributed by atoms with van der Waals surface area (Å²) in [4.78, 5) is 4.75. The smallest absolute Gasteiger partial charge is 0.108 e. The van der Waals surface area contributed by atoms with Gasteiger partial charge in [0.05, 0.1) is 6.07 Å². The van der Waals surface area contributed by atoms with Gasteiger partial charge >= 0.3 is 0 Å². The standard InChI is InChI=1S/C13H24N4/c1-16(2)13-5-7-17(8-6-13)10-12(9-14)15-11-3-4-11/h11-13,15H,3-8,10H2,1-2H3. The van der Waals surface area contributed by atoms with E-state index in [-0.39, 0.29) is 6.04 Å². The molecule has 17 heavy (non-hydrogen) atoms. The largest absolute Gasteiger partial charge is 0.306 e. The van der Waals surface area contributed by atoms with Crippen molar-refractivity contribution >= 4 is 0 Å². The van der Waals surface area contributed by atoms with Gasteiger partial charge in [-0.25, -0.2) is 0 Å². The van der Waals surface area contributed by atoms with Crippen molar-refractivity contribution in [3.05, 3.63) is 0 Å². The third kappa shape index (κ3) is 3.95. The Labute approximate surface area is 105 Å². The Morgan fingerprint density at radius 2 is 1.94 bits per heavy atom. The Kier molecular flexibility index (Phi) is 4.38. The summed E-state index contributed by atoms with van der Waals surface area (Å²) in [5.41, 5.74) is 0. The molecule has 1 atom stereocenters. The fraction of sp³-hybridized carbons (Fsp3) is 0.923. The van der Waals surface area contributed by atoms with Crippen LogP contribution in [-0.4, -0.2) is 61.7 Å². The molecule has 0 amide bonds. The lowest BCUT2D eigenvalue weighted by atomic mass is 10.0. The predicted molar refractivity (Wildman–Crippen MR) is 68.7 cm³/mol. The molecule has 1 aliphatic carbocycles. The van der Waals surface area contributed by atoms with Gasteiger partial charge in [-0.3, -0.25) is 5.32 Å². The molecule has 0 bridgehead atoms. The Morgan fingerprint density at radius 1 is 1.29 bits per heavy atom. The summed E-state index contributed by atoms with van der Waals surface area (Å²) < 4.78 is 0. The molecule has 2 fully saturated rings. The molecule has 4 heteroatoms. The van der Waals surface area contributed by atoms with E-state index in [1.54, 1.807) is 0 Å². The van der Waals surface area contributed by atoms with Crippen LogP contribution in [0.3, 0.4) is 0 Å². The predicted octanol–water partition coefficient (Wildman–Crippen LogP) is 0.657. The summed E-state index contributed by atoms with van der Waals surface area (Å²) in [7, 11) is 4.32. The zero-order valence-electron chi connectivity index (χ0n) is 11.0. The number of piperidine rings is 1. The Bertz CT molecular complexity index is 272. The van der Waals surface area contributed by atoms with Crippen molar-refractivity contribution in [3.8, 4) is 6.07 Å². The summed E-state index contributed by atoms with van der Waals surface area (Å²) in [6.07, 6.45) is 4.96. The highest BCUT2D eigenvalue weighted by Gasteiger charge is 2.27. The van der Waals surface area contributed by atoms with E-state index in [1.807, 2.05) is 0 Å². The van der Waals surface area contributed by atoms with E-state index in [0.29, 0.717) is 6.04 Å². The van der Waals surface area contributed by atoms with E-state index < -0.39 is 0 Å². The van der Waals surface area contributed by atoms with Crippen molar-refractivity contribution in [1.82, 2.24) is 15.1 Å². The van der Waals surface area contributed by atoms with Crippen molar-refractivity contribution in [2.24, 2.45) is 0 Å². The summed E-state index contributed by atoms with van der Waals surface area (Å²) in [5, 5.41) is 12.5. The molecule has 2 aliphatic rings. The van der Waals surface area contributed by atoms with Gasteiger partial charge in [-0.2, -0.15) is 5.26 Å². The second-order valence-electron chi connectivity index (χ2n) is 5.62. The number of likely N-dealkylation sites (tertiary alicyclic amines) is 1. The maximum absolute atomic E-state index is 9.13. The molecule has 0 aromatic heterocycles. The molecule has 4 nitrogen and oxygen atoms in total. The molecule has 1 saturated heterocycles. The molecule has 0 aromatic carbocycles. The first-order valence-corrected chi connectivity index (χ1v) is 6.73. The minimum absolute atomic E-state index is 0.0263. The summed E-state index contributed by atoms with van der Waals surface area (Å²) in [6, 6.07) is 3.77. The first kappa shape index (κ1) is 12.8. The highest BCUT2D eigenvalue weighted by atomic mass is 15.2. The van der Waals surface area contributed by atoms with E-state index >= 15 is 0 Å². The molecular formula is C13H24N4. The van der Waals surface area contributed by atoms with Gasteiger partial charge in [-0.15, -0.1) is 0 Å². The zero-order chi connectivity index (χ0) is 12.3. The Hall–Kier alpha value is -0.630. The molecule has 0 radical (unpaired) electrons. The van der Waals surface area contributed by atoms with E-state index in [0.717, 1.165) is 25.7 Å². The summed E-state index contributed by atoms with van der Waals surface area (Å²) in [6.45, 7) is 3.16. The van der Waals surface area contributed by atoms with Crippen LogP contribution in [0.25, 0.3) is 0 Å². The van der Waals surface area contributed by atoms with Crippen molar-refractivity contribution in [3.63, 3.8) is 0 Å². The van der Waals surface area contributed by atoms with Gasteiger partial charge in [0.15, 0.2) is 0 Å². The molecule has 0 spiro atoms. The first-order chi connectivity index (χ1) is 8.19. The molecule has 1 heterocycles. The minimum atomic E-state index is 0.0263. The van der Waals surface area contributed by atoms with Crippen molar-refractivity contribution in [2.45, 2.75) is 43.8 Å². The second-order valence-corrected chi connectivity index (χ2v) is 5.62. The fourth-order valence-corrected chi connectivity index (χ4v) is 2.54. The number of nitrogens with one attached hydrogen (secondary N) is 1. The quantitative estimate of drug-likeness (QED) is 0.761. The first-order valence-electron chi connectivity index (χ1n) is 6.73. The van der Waals surface area contributed by atoms with Gasteiger partial charge in [0, 0.05) is 18.6 Å². The molecule has 1 aliphatic heterocycles. The topological polar surface area (TPSA) is 42.3 Å². The van der Waals surface area contributed by atoms with Gasteiger partial charge in [0.2, 0.25) is 0 Å². The molecule has 1 unspecified atom stereocenters. The van der Waals surface area contributed by atoms with Gasteiger partial charge in [-0.05, 0) is 52.9 Å². The number of hydrogen-bond donors (Lipinski definition) is 1. The normalized spacial score (nSPS) is 24.8. The zero-order valence-corrected chi connectivity index (χ0v) is 11.0. The third-order valence-electron chi connectivity index (χ3n) is 3.90. The third-order valence-corrected chi connectivity index (χ3v) is 3.90. The van der Waals surface area contributed by atoms with Gasteiger partial charge in [-0.1, -0.05) is 0 Å². The van der Waals surface area contributed by atoms with Crippen LogP contribution in [-0.2, 0) is 0 Å². The highest BCUT2D eigenvalue weighted by molar-refractivity contribution is 4.98. The van der Waals surface area contributed by atoms with Crippen LogP contribution in [0.1, 0.15) is 25.7 Å². The Morgan fingerprint density at radius 3 is 2.41 bits per heavy atom. The van der Waals surface area contributed by atoms with Crippen LogP contribution >= 0.6 is 0 Å². The van der Waals surface area contributed by atoms with E-state index in [1.165, 1.54) is 25.7 Å². The SMILES string of the molecule is CN(C)C1CCN(CC(C#N)NC2CC2)CC1. The second kappa shape index (κ2) is 5.81. The lowest BCUT2D eigenvalue weighted by molar-refractivity contribution is 0.140. The maximum atomic E-state index is 9.13. The van der Waals surface area contributed by atoms with Crippen molar-refractivity contribution in [2.75, 3.05) is 33.7 Å². The van der Waals surface area contributed by atoms with Crippen LogP contribution in [0, 0.1) is 11.3 Å². The van der Waals surface area contributed by atoms with Crippen molar-refractivity contribution < 1.29 is 0 Å².